The smallest absolute Gasteiger partial charge is 0.227 e. The minimum Gasteiger partial charge on any atom is -0.381 e. The van der Waals surface area contributed by atoms with Crippen molar-refractivity contribution in [2.75, 3.05) is 26.3 Å². The Hall–Kier alpha value is -1.94. The van der Waals surface area contributed by atoms with Gasteiger partial charge in [-0.3, -0.25) is 9.78 Å². The number of para-hydroxylation sites is 1. The van der Waals surface area contributed by atoms with Gasteiger partial charge in [0.1, 0.15) is 0 Å². The minimum absolute atomic E-state index is 0.215. The van der Waals surface area contributed by atoms with Gasteiger partial charge in [-0.25, -0.2) is 0 Å². The second-order valence-electron chi connectivity index (χ2n) is 6.40. The van der Waals surface area contributed by atoms with Crippen molar-refractivity contribution in [1.29, 1.82) is 0 Å². The van der Waals surface area contributed by atoms with Gasteiger partial charge in [0.25, 0.3) is 0 Å². The molecule has 1 aromatic carbocycles. The van der Waals surface area contributed by atoms with Crippen molar-refractivity contribution in [3.05, 3.63) is 42.1 Å². The van der Waals surface area contributed by atoms with E-state index in [1.54, 1.807) is 0 Å². The van der Waals surface area contributed by atoms with E-state index in [9.17, 15) is 4.79 Å². The van der Waals surface area contributed by atoms with Crippen LogP contribution < -0.4 is 0 Å². The van der Waals surface area contributed by atoms with Gasteiger partial charge in [-0.05, 0) is 36.0 Å². The zero-order valence-corrected chi connectivity index (χ0v) is 12.6. The van der Waals surface area contributed by atoms with Crippen molar-refractivity contribution in [1.82, 2.24) is 9.88 Å². The van der Waals surface area contributed by atoms with Crippen LogP contribution >= 0.6 is 0 Å². The highest BCUT2D eigenvalue weighted by molar-refractivity contribution is 5.83. The third-order valence-corrected chi connectivity index (χ3v) is 4.90. The fourth-order valence-corrected chi connectivity index (χ4v) is 3.44. The molecule has 4 nitrogen and oxygen atoms in total. The third-order valence-electron chi connectivity index (χ3n) is 4.90. The van der Waals surface area contributed by atoms with Crippen LogP contribution in [0.15, 0.2) is 36.5 Å². The zero-order chi connectivity index (χ0) is 14.9. The predicted molar refractivity (Wildman–Crippen MR) is 84.4 cm³/mol. The van der Waals surface area contributed by atoms with Gasteiger partial charge in [0.2, 0.25) is 5.91 Å². The summed E-state index contributed by atoms with van der Waals surface area (Å²) in [5.74, 6) is 1.51. The fraction of sp³-hybridized carbons (Fsp3) is 0.444. The summed E-state index contributed by atoms with van der Waals surface area (Å²) >= 11 is 0. The lowest BCUT2D eigenvalue weighted by molar-refractivity contribution is -0.138. The number of rotatable bonds is 3. The number of benzene rings is 1. The number of hydrogen-bond donors (Lipinski definition) is 0. The van der Waals surface area contributed by atoms with Gasteiger partial charge in [0.15, 0.2) is 0 Å². The molecule has 2 aliphatic heterocycles. The molecule has 2 aromatic rings. The van der Waals surface area contributed by atoms with Crippen LogP contribution in [0.2, 0.25) is 0 Å². The van der Waals surface area contributed by atoms with Gasteiger partial charge < -0.3 is 9.64 Å². The lowest BCUT2D eigenvalue weighted by atomic mass is 9.85. The molecule has 2 saturated heterocycles. The Labute approximate surface area is 130 Å². The maximum absolute atomic E-state index is 12.4. The average Bonchev–Trinajstić information content (AvgIpc) is 2.99. The fourth-order valence-electron chi connectivity index (χ4n) is 3.44. The Morgan fingerprint density at radius 1 is 1.27 bits per heavy atom. The first-order chi connectivity index (χ1) is 10.8. The van der Waals surface area contributed by atoms with E-state index >= 15 is 0 Å². The standard InChI is InChI=1S/C18H20N2O2/c21-18(20-10-16(11-20)15-5-6-22-12-15)8-13-7-14-3-1-2-4-17(14)19-9-13/h1-4,7,9,15-16H,5-6,8,10-12H2. The predicted octanol–water partition coefficient (Wildman–Crippen LogP) is 2.27. The summed E-state index contributed by atoms with van der Waals surface area (Å²) in [7, 11) is 0. The van der Waals surface area contributed by atoms with Crippen LogP contribution in [0.4, 0.5) is 0 Å². The van der Waals surface area contributed by atoms with E-state index in [-0.39, 0.29) is 5.91 Å². The van der Waals surface area contributed by atoms with E-state index < -0.39 is 0 Å². The SMILES string of the molecule is O=C(Cc1cnc2ccccc2c1)N1CC(C2CCOC2)C1. The number of hydrogen-bond acceptors (Lipinski definition) is 3. The van der Waals surface area contributed by atoms with Crippen LogP contribution in [0.5, 0.6) is 0 Å². The molecule has 1 aromatic heterocycles. The van der Waals surface area contributed by atoms with E-state index in [1.807, 2.05) is 35.4 Å². The van der Waals surface area contributed by atoms with Crippen LogP contribution in [-0.4, -0.2) is 42.1 Å². The van der Waals surface area contributed by atoms with Crippen molar-refractivity contribution < 1.29 is 9.53 Å². The highest BCUT2D eigenvalue weighted by Crippen LogP contribution is 2.30. The highest BCUT2D eigenvalue weighted by Gasteiger charge is 2.37. The van der Waals surface area contributed by atoms with Crippen molar-refractivity contribution in [3.63, 3.8) is 0 Å². The summed E-state index contributed by atoms with van der Waals surface area (Å²) in [4.78, 5) is 18.8. The van der Waals surface area contributed by atoms with E-state index in [0.29, 0.717) is 18.3 Å². The van der Waals surface area contributed by atoms with Crippen LogP contribution in [0.3, 0.4) is 0 Å². The molecule has 0 saturated carbocycles. The molecule has 0 spiro atoms. The van der Waals surface area contributed by atoms with Gasteiger partial charge >= 0.3 is 0 Å². The molecule has 2 fully saturated rings. The minimum atomic E-state index is 0.215. The summed E-state index contributed by atoms with van der Waals surface area (Å²) in [6.45, 7) is 3.56. The Morgan fingerprint density at radius 3 is 2.95 bits per heavy atom. The van der Waals surface area contributed by atoms with Crippen molar-refractivity contribution in [2.45, 2.75) is 12.8 Å². The normalized spacial score (nSPS) is 22.0. The first-order valence-corrected chi connectivity index (χ1v) is 7.99. The number of nitrogens with zero attached hydrogens (tertiary/aromatic N) is 2. The van der Waals surface area contributed by atoms with E-state index in [1.165, 1.54) is 0 Å². The molecule has 22 heavy (non-hydrogen) atoms. The monoisotopic (exact) mass is 296 g/mol. The quantitative estimate of drug-likeness (QED) is 0.872. The number of ether oxygens (including phenoxy) is 1. The number of carbonyl (C=O) groups excluding carboxylic acids is 1. The number of aromatic nitrogens is 1. The second-order valence-corrected chi connectivity index (χ2v) is 6.40. The van der Waals surface area contributed by atoms with Gasteiger partial charge in [-0.15, -0.1) is 0 Å². The second kappa shape index (κ2) is 5.69. The topological polar surface area (TPSA) is 42.4 Å². The maximum atomic E-state index is 12.4. The first-order valence-electron chi connectivity index (χ1n) is 7.99. The molecule has 4 rings (SSSR count). The molecular weight excluding hydrogens is 276 g/mol. The number of likely N-dealkylation sites (tertiary alicyclic amines) is 1. The largest absolute Gasteiger partial charge is 0.381 e. The summed E-state index contributed by atoms with van der Waals surface area (Å²) < 4.78 is 5.43. The Kier molecular flexibility index (Phi) is 3.54. The first kappa shape index (κ1) is 13.7. The molecule has 0 radical (unpaired) electrons. The molecular formula is C18H20N2O2. The summed E-state index contributed by atoms with van der Waals surface area (Å²) in [5, 5.41) is 1.09. The lowest BCUT2D eigenvalue weighted by Gasteiger charge is -2.42. The van der Waals surface area contributed by atoms with E-state index in [0.717, 1.165) is 49.2 Å². The number of carbonyl (C=O) groups is 1. The van der Waals surface area contributed by atoms with Gasteiger partial charge in [0.05, 0.1) is 11.9 Å². The van der Waals surface area contributed by atoms with Crippen molar-refractivity contribution in [2.24, 2.45) is 11.8 Å². The lowest BCUT2D eigenvalue weighted by Crippen LogP contribution is -2.53. The van der Waals surface area contributed by atoms with Crippen LogP contribution in [0.25, 0.3) is 10.9 Å². The molecule has 0 bridgehead atoms. The maximum Gasteiger partial charge on any atom is 0.227 e. The summed E-state index contributed by atoms with van der Waals surface area (Å²) in [6, 6.07) is 10.1. The Balaban J connectivity index is 1.37. The van der Waals surface area contributed by atoms with Crippen LogP contribution in [0.1, 0.15) is 12.0 Å². The number of fused-ring (bicyclic) bond motifs is 1. The molecule has 2 aliphatic rings. The highest BCUT2D eigenvalue weighted by atomic mass is 16.5. The summed E-state index contributed by atoms with van der Waals surface area (Å²) in [6.07, 6.45) is 3.43. The van der Waals surface area contributed by atoms with Crippen molar-refractivity contribution >= 4 is 16.8 Å². The van der Waals surface area contributed by atoms with Gasteiger partial charge in [0, 0.05) is 37.9 Å². The number of amides is 1. The molecule has 1 atom stereocenters. The van der Waals surface area contributed by atoms with E-state index in [4.69, 9.17) is 4.74 Å². The Bertz CT molecular complexity index is 688. The average molecular weight is 296 g/mol. The molecule has 0 N–H and O–H groups in total. The molecule has 0 aliphatic carbocycles. The zero-order valence-electron chi connectivity index (χ0n) is 12.6. The van der Waals surface area contributed by atoms with Crippen molar-refractivity contribution in [3.8, 4) is 0 Å². The molecule has 1 unspecified atom stereocenters. The molecule has 4 heteroatoms. The summed E-state index contributed by atoms with van der Waals surface area (Å²) in [5.41, 5.74) is 1.97. The van der Waals surface area contributed by atoms with Crippen LogP contribution in [-0.2, 0) is 16.0 Å². The molecule has 1 amide bonds. The third kappa shape index (κ3) is 2.59. The van der Waals surface area contributed by atoms with Gasteiger partial charge in [-0.1, -0.05) is 18.2 Å². The molecule has 114 valence electrons. The van der Waals surface area contributed by atoms with Crippen LogP contribution in [0, 0.1) is 11.8 Å². The van der Waals surface area contributed by atoms with Gasteiger partial charge in [-0.2, -0.15) is 0 Å². The van der Waals surface area contributed by atoms with E-state index in [2.05, 4.69) is 11.1 Å². The Morgan fingerprint density at radius 2 is 2.14 bits per heavy atom. The number of pyridine rings is 1. The molecule has 3 heterocycles.